The van der Waals surface area contributed by atoms with E-state index in [1.165, 1.54) is 13.8 Å². The minimum atomic E-state index is -0.361. The van der Waals surface area contributed by atoms with Crippen LogP contribution >= 0.6 is 34.8 Å². The van der Waals surface area contributed by atoms with Gasteiger partial charge in [-0.2, -0.15) is 15.5 Å². The van der Waals surface area contributed by atoms with Crippen molar-refractivity contribution in [3.8, 4) is 23.5 Å². The lowest BCUT2D eigenvalue weighted by Gasteiger charge is -2.08. The molecule has 8 nitrogen and oxygen atoms in total. The first-order valence-electron chi connectivity index (χ1n) is 11.1. The molecule has 4 rings (SSSR count). The minimum Gasteiger partial charge on any atom is -1.00 e. The molecule has 2 aromatic heterocycles. The van der Waals surface area contributed by atoms with Gasteiger partial charge >= 0.3 is 0 Å². The Kier molecular flexibility index (Phi) is 14.1. The predicted octanol–water partition coefficient (Wildman–Crippen LogP) is 2.71. The lowest BCUT2D eigenvalue weighted by Crippen LogP contribution is -3.00. The second kappa shape index (κ2) is 16.7. The molecule has 2 heterocycles. The summed E-state index contributed by atoms with van der Waals surface area (Å²) >= 11 is 16.5. The van der Waals surface area contributed by atoms with Crippen molar-refractivity contribution in [3.63, 3.8) is 0 Å². The van der Waals surface area contributed by atoms with Gasteiger partial charge in [0.2, 0.25) is 11.1 Å². The third-order valence-corrected chi connectivity index (χ3v) is 5.03. The van der Waals surface area contributed by atoms with Gasteiger partial charge in [-0.15, -0.1) is 0 Å². The van der Waals surface area contributed by atoms with Crippen LogP contribution in [0.5, 0.6) is 0 Å². The Morgan fingerprint density at radius 1 is 0.800 bits per heavy atom. The van der Waals surface area contributed by atoms with Crippen molar-refractivity contribution >= 4 is 46.0 Å². The third kappa shape index (κ3) is 10.9. The van der Waals surface area contributed by atoms with Gasteiger partial charge in [0.1, 0.15) is 11.0 Å². The lowest BCUT2D eigenvalue weighted by molar-refractivity contribution is -0.116. The van der Waals surface area contributed by atoms with Crippen LogP contribution in [0, 0.1) is 28.1 Å². The molecule has 40 heavy (non-hydrogen) atoms. The van der Waals surface area contributed by atoms with Crippen molar-refractivity contribution in [1.29, 1.82) is 15.9 Å². The number of nitriles is 2. The summed E-state index contributed by atoms with van der Waals surface area (Å²) in [5.41, 5.74) is 3.35. The average molecular weight is 615 g/mol. The van der Waals surface area contributed by atoms with E-state index in [0.717, 1.165) is 11.4 Å². The minimum absolute atomic E-state index is 0. The number of hydrogen-bond acceptors (Lipinski definition) is 5. The largest absolute Gasteiger partial charge is 1.00 e. The predicted molar refractivity (Wildman–Crippen MR) is 150 cm³/mol. The van der Waals surface area contributed by atoms with E-state index >= 15 is 0 Å². The fourth-order valence-corrected chi connectivity index (χ4v) is 3.39. The smallest absolute Gasteiger partial charge is 0.244 e. The summed E-state index contributed by atoms with van der Waals surface area (Å²) in [7, 11) is 0. The Labute approximate surface area is 251 Å². The molecule has 0 radical (unpaired) electrons. The molecule has 12 heteroatoms. The van der Waals surface area contributed by atoms with E-state index in [2.05, 4.69) is 28.7 Å². The molecule has 4 aromatic rings. The number of rotatable bonds is 2. The zero-order valence-corrected chi connectivity index (χ0v) is 24.2. The second-order valence-corrected chi connectivity index (χ2v) is 9.01. The molecule has 0 saturated carbocycles. The van der Waals surface area contributed by atoms with Crippen LogP contribution in [0.2, 0.25) is 10.0 Å². The first-order chi connectivity index (χ1) is 18.5. The van der Waals surface area contributed by atoms with Gasteiger partial charge in [-0.1, -0.05) is 35.3 Å². The number of carbonyl (C=O) groups is 2. The van der Waals surface area contributed by atoms with Crippen LogP contribution in [0.3, 0.4) is 0 Å². The van der Waals surface area contributed by atoms with Crippen LogP contribution in [0.15, 0.2) is 90.2 Å². The zero-order valence-electron chi connectivity index (χ0n) is 21.1. The summed E-state index contributed by atoms with van der Waals surface area (Å²) in [4.78, 5) is 24.3. The SMILES string of the molecule is CC(=O)Cl.CC(=O)N=c1ccc(Cl)cn1-c1cccc(C#N)c1.N#Cc1cccc(-n2cc(Cl)ccc2=N)c1.[Cl-]. The van der Waals surface area contributed by atoms with E-state index in [1.807, 2.05) is 12.1 Å². The van der Waals surface area contributed by atoms with Crippen molar-refractivity contribution in [3.05, 3.63) is 117 Å². The molecule has 0 unspecified atom stereocenters. The molecule has 1 N–H and O–H groups in total. The van der Waals surface area contributed by atoms with E-state index in [0.29, 0.717) is 32.1 Å². The van der Waals surface area contributed by atoms with Gasteiger partial charge in [-0.3, -0.25) is 15.0 Å². The number of benzene rings is 2. The number of pyridine rings is 2. The van der Waals surface area contributed by atoms with E-state index < -0.39 is 0 Å². The van der Waals surface area contributed by atoms with Crippen LogP contribution in [0.4, 0.5) is 0 Å². The summed E-state index contributed by atoms with van der Waals surface area (Å²) in [6, 6.07) is 24.8. The number of nitrogens with zero attached hydrogens (tertiary/aromatic N) is 5. The van der Waals surface area contributed by atoms with E-state index in [9.17, 15) is 9.59 Å². The standard InChI is InChI=1S/C14H10ClN3O.C12H8ClN3.C2H3ClO.ClH/c1-10(19)17-14-6-5-12(15)9-18(14)13-4-2-3-11(7-13)8-16;13-10-4-5-12(15)16(8-10)11-3-1-2-9(6-11)7-14;1-2(3)4;/h2-7,9H,1H3;1-6,8,15H;1H3;1H/p-1. The molecule has 0 aliphatic carbocycles. The van der Waals surface area contributed by atoms with Crippen molar-refractivity contribution in [2.45, 2.75) is 13.8 Å². The zero-order chi connectivity index (χ0) is 28.9. The fourth-order valence-electron chi connectivity index (χ4n) is 3.07. The topological polar surface area (TPSA) is 128 Å². The third-order valence-electron chi connectivity index (χ3n) is 4.58. The summed E-state index contributed by atoms with van der Waals surface area (Å²) in [5, 5.41) is 26.2. The van der Waals surface area contributed by atoms with Crippen LogP contribution in [-0.2, 0) is 9.59 Å². The summed E-state index contributed by atoms with van der Waals surface area (Å²) in [6.07, 6.45) is 3.31. The van der Waals surface area contributed by atoms with Gasteiger partial charge in [-0.05, 0) is 72.3 Å². The van der Waals surface area contributed by atoms with E-state index in [1.54, 1.807) is 82.2 Å². The number of carbonyl (C=O) groups excluding carboxylic acids is 2. The molecule has 0 aliphatic rings. The highest BCUT2D eigenvalue weighted by Crippen LogP contribution is 2.12. The Morgan fingerprint density at radius 3 is 1.73 bits per heavy atom. The van der Waals surface area contributed by atoms with Crippen molar-refractivity contribution in [2.75, 3.05) is 0 Å². The maximum Gasteiger partial charge on any atom is 0.244 e. The highest BCUT2D eigenvalue weighted by molar-refractivity contribution is 6.62. The summed E-state index contributed by atoms with van der Waals surface area (Å²) in [6.45, 7) is 2.67. The maximum atomic E-state index is 11.1. The Hall–Kier alpha value is -4.18. The Balaban J connectivity index is 0.000000349. The molecule has 0 spiro atoms. The van der Waals surface area contributed by atoms with Crippen LogP contribution in [0.25, 0.3) is 11.4 Å². The number of aromatic nitrogens is 2. The summed E-state index contributed by atoms with van der Waals surface area (Å²) < 4.78 is 3.30. The molecular weight excluding hydrogens is 594 g/mol. The molecule has 0 bridgehead atoms. The Bertz CT molecular complexity index is 1710. The highest BCUT2D eigenvalue weighted by Gasteiger charge is 2.02. The molecule has 2 aromatic carbocycles. The van der Waals surface area contributed by atoms with E-state index in [4.69, 9.17) is 39.1 Å². The fraction of sp³-hybridized carbons (Fsp3) is 0.0714. The van der Waals surface area contributed by atoms with E-state index in [-0.39, 0.29) is 23.6 Å². The molecule has 0 fully saturated rings. The van der Waals surface area contributed by atoms with Crippen molar-refractivity contribution in [2.24, 2.45) is 4.99 Å². The van der Waals surface area contributed by atoms with Crippen LogP contribution in [0.1, 0.15) is 25.0 Å². The monoisotopic (exact) mass is 613 g/mol. The van der Waals surface area contributed by atoms with Gasteiger partial charge in [-0.25, -0.2) is 0 Å². The molecule has 0 atom stereocenters. The first-order valence-corrected chi connectivity index (χ1v) is 12.2. The van der Waals surface area contributed by atoms with Gasteiger partial charge in [0.15, 0.2) is 0 Å². The quantitative estimate of drug-likeness (QED) is 0.348. The number of nitrogens with one attached hydrogen (secondary N) is 1. The normalized spacial score (nSPS) is 9.82. The number of halogens is 4. The molecule has 1 amide bonds. The van der Waals surface area contributed by atoms with Crippen molar-refractivity contribution < 1.29 is 22.0 Å². The van der Waals surface area contributed by atoms with Gasteiger partial charge in [0.25, 0.3) is 0 Å². The molecule has 0 saturated heterocycles. The Morgan fingerprint density at radius 2 is 1.25 bits per heavy atom. The van der Waals surface area contributed by atoms with Gasteiger partial charge in [0.05, 0.1) is 33.3 Å². The highest BCUT2D eigenvalue weighted by atomic mass is 35.5. The van der Waals surface area contributed by atoms with Gasteiger partial charge in [0, 0.05) is 37.6 Å². The number of amides is 1. The lowest BCUT2D eigenvalue weighted by atomic mass is 10.2. The molecular formula is C28H21Cl4N6O2-. The molecule has 0 aliphatic heterocycles. The summed E-state index contributed by atoms with van der Waals surface area (Å²) in [5.74, 6) is -0.299. The van der Waals surface area contributed by atoms with Crippen LogP contribution < -0.4 is 23.4 Å². The maximum absolute atomic E-state index is 11.1. The number of hydrogen-bond donors (Lipinski definition) is 1. The van der Waals surface area contributed by atoms with Crippen LogP contribution in [-0.4, -0.2) is 20.3 Å². The van der Waals surface area contributed by atoms with Crippen molar-refractivity contribution in [1.82, 2.24) is 9.13 Å². The molecule has 204 valence electrons. The average Bonchev–Trinajstić information content (AvgIpc) is 2.91. The van der Waals surface area contributed by atoms with Gasteiger partial charge < -0.3 is 21.5 Å². The second-order valence-electron chi connectivity index (χ2n) is 7.60. The first kappa shape index (κ1) is 33.8.